The van der Waals surface area contributed by atoms with Crippen LogP contribution in [0.25, 0.3) is 11.1 Å². The van der Waals surface area contributed by atoms with E-state index in [0.29, 0.717) is 22.4 Å². The first-order valence-electron chi connectivity index (χ1n) is 13.4. The SMILES string of the molecule is C=C(C)C(=O)OCCCOC(=O)c1ccc(-c2ccc(OC(=O)C(=C)C)c(C)c2)cc1C(=O)OCCCOC(=O)C(=C)C. The molecule has 0 unspecified atom stereocenters. The second-order valence-electron chi connectivity index (χ2n) is 9.72. The zero-order valence-corrected chi connectivity index (χ0v) is 24.9. The fourth-order valence-corrected chi connectivity index (χ4v) is 3.38. The average molecular weight is 593 g/mol. The molecule has 10 heteroatoms. The number of rotatable bonds is 15. The topological polar surface area (TPSA) is 132 Å². The maximum absolute atomic E-state index is 13.1. The fourth-order valence-electron chi connectivity index (χ4n) is 3.38. The summed E-state index contributed by atoms with van der Waals surface area (Å²) in [5, 5.41) is 0. The predicted molar refractivity (Wildman–Crippen MR) is 158 cm³/mol. The van der Waals surface area contributed by atoms with E-state index in [-0.39, 0.29) is 67.1 Å². The van der Waals surface area contributed by atoms with Crippen molar-refractivity contribution in [1.82, 2.24) is 0 Å². The molecule has 0 saturated carbocycles. The maximum atomic E-state index is 13.1. The Labute approximate surface area is 250 Å². The quantitative estimate of drug-likeness (QED) is 0.0861. The Balaban J connectivity index is 2.22. The Morgan fingerprint density at radius 1 is 0.581 bits per heavy atom. The minimum Gasteiger partial charge on any atom is -0.462 e. The van der Waals surface area contributed by atoms with E-state index in [1.54, 1.807) is 38.1 Å². The van der Waals surface area contributed by atoms with Crippen molar-refractivity contribution in [3.63, 3.8) is 0 Å². The third-order valence-corrected chi connectivity index (χ3v) is 5.73. The molecule has 0 spiro atoms. The van der Waals surface area contributed by atoms with Crippen LogP contribution in [0.1, 0.15) is 59.9 Å². The van der Waals surface area contributed by atoms with Crippen molar-refractivity contribution >= 4 is 29.8 Å². The van der Waals surface area contributed by atoms with Gasteiger partial charge in [0.05, 0.1) is 37.6 Å². The van der Waals surface area contributed by atoms with Gasteiger partial charge in [0, 0.05) is 29.6 Å². The molecular formula is C33H36O10. The minimum absolute atomic E-state index is 0.0193. The molecule has 0 fully saturated rings. The molecule has 0 amide bonds. The van der Waals surface area contributed by atoms with Crippen LogP contribution in [-0.2, 0) is 33.3 Å². The Hall–Kier alpha value is -4.99. The van der Waals surface area contributed by atoms with Gasteiger partial charge in [0.1, 0.15) is 5.75 Å². The number of carbonyl (C=O) groups excluding carboxylic acids is 5. The molecule has 0 heterocycles. The second kappa shape index (κ2) is 16.5. The number of carbonyl (C=O) groups is 5. The standard InChI is InChI=1S/C33H36O10/c1-20(2)29(34)39-14-8-16-41-32(37)26-12-10-25(24-11-13-28(23(7)18-24)43-31(36)22(5)6)19-27(26)33(38)42-17-9-15-40-30(35)21(3)4/h10-13,18-19H,1,3,5,8-9,14-17H2,2,4,6-7H3. The first-order valence-corrected chi connectivity index (χ1v) is 13.4. The minimum atomic E-state index is -0.779. The van der Waals surface area contributed by atoms with Crippen molar-refractivity contribution in [3.05, 3.63) is 89.5 Å². The molecule has 2 aromatic rings. The molecule has 0 aromatic heterocycles. The van der Waals surface area contributed by atoms with Gasteiger partial charge in [-0.15, -0.1) is 0 Å². The largest absolute Gasteiger partial charge is 0.462 e. The first kappa shape index (κ1) is 34.2. The summed E-state index contributed by atoms with van der Waals surface area (Å²) in [6, 6.07) is 9.70. The normalized spacial score (nSPS) is 10.2. The van der Waals surface area contributed by atoms with Crippen LogP contribution in [0, 0.1) is 6.92 Å². The highest BCUT2D eigenvalue weighted by atomic mass is 16.6. The van der Waals surface area contributed by atoms with Crippen molar-refractivity contribution in [1.29, 1.82) is 0 Å². The molecule has 2 rings (SSSR count). The molecule has 0 radical (unpaired) electrons. The number of ether oxygens (including phenoxy) is 5. The van der Waals surface area contributed by atoms with Crippen LogP contribution < -0.4 is 4.74 Å². The summed E-state index contributed by atoms with van der Waals surface area (Å²) < 4.78 is 26.0. The van der Waals surface area contributed by atoms with E-state index in [2.05, 4.69) is 19.7 Å². The van der Waals surface area contributed by atoms with Gasteiger partial charge in [-0.2, -0.15) is 0 Å². The zero-order chi connectivity index (χ0) is 32.1. The Morgan fingerprint density at radius 3 is 1.51 bits per heavy atom. The van der Waals surface area contributed by atoms with Crippen LogP contribution in [0.5, 0.6) is 5.75 Å². The van der Waals surface area contributed by atoms with Crippen LogP contribution in [-0.4, -0.2) is 56.3 Å². The summed E-state index contributed by atoms with van der Waals surface area (Å²) in [7, 11) is 0. The lowest BCUT2D eigenvalue weighted by atomic mass is 9.97. The van der Waals surface area contributed by atoms with Gasteiger partial charge in [0.25, 0.3) is 0 Å². The van der Waals surface area contributed by atoms with Gasteiger partial charge in [-0.25, -0.2) is 24.0 Å². The summed E-state index contributed by atoms with van der Waals surface area (Å²) in [5.41, 5.74) is 2.65. The zero-order valence-electron chi connectivity index (χ0n) is 24.9. The third-order valence-electron chi connectivity index (χ3n) is 5.73. The van der Waals surface area contributed by atoms with Gasteiger partial charge < -0.3 is 23.7 Å². The van der Waals surface area contributed by atoms with E-state index in [1.807, 2.05) is 0 Å². The third kappa shape index (κ3) is 10.7. The van der Waals surface area contributed by atoms with Crippen molar-refractivity contribution in [2.45, 2.75) is 40.5 Å². The first-order chi connectivity index (χ1) is 20.3. The van der Waals surface area contributed by atoms with Crippen molar-refractivity contribution in [2.24, 2.45) is 0 Å². The molecule has 0 bridgehead atoms. The van der Waals surface area contributed by atoms with E-state index >= 15 is 0 Å². The molecule has 0 aliphatic rings. The summed E-state index contributed by atoms with van der Waals surface area (Å²) in [6.07, 6.45) is 0.476. The monoisotopic (exact) mass is 592 g/mol. The second-order valence-corrected chi connectivity index (χ2v) is 9.72. The summed E-state index contributed by atoms with van der Waals surface area (Å²) in [5.74, 6) is -2.82. The van der Waals surface area contributed by atoms with Crippen LogP contribution in [0.2, 0.25) is 0 Å². The Kier molecular flexibility index (Phi) is 13.1. The highest BCUT2D eigenvalue weighted by Crippen LogP contribution is 2.29. The van der Waals surface area contributed by atoms with E-state index in [9.17, 15) is 24.0 Å². The molecule has 0 N–H and O–H groups in total. The molecule has 0 aliphatic carbocycles. The smallest absolute Gasteiger partial charge is 0.339 e. The summed E-state index contributed by atoms with van der Waals surface area (Å²) in [6.45, 7) is 16.8. The van der Waals surface area contributed by atoms with Gasteiger partial charge >= 0.3 is 29.8 Å². The van der Waals surface area contributed by atoms with Crippen molar-refractivity contribution < 1.29 is 47.7 Å². The van der Waals surface area contributed by atoms with Crippen LogP contribution >= 0.6 is 0 Å². The average Bonchev–Trinajstić information content (AvgIpc) is 2.96. The molecule has 10 nitrogen and oxygen atoms in total. The summed E-state index contributed by atoms with van der Waals surface area (Å²) >= 11 is 0. The molecular weight excluding hydrogens is 556 g/mol. The lowest BCUT2D eigenvalue weighted by Gasteiger charge is -2.13. The number of esters is 5. The fraction of sp³-hybridized carbons (Fsp3) is 0.303. The van der Waals surface area contributed by atoms with Crippen LogP contribution in [0.15, 0.2) is 72.9 Å². The van der Waals surface area contributed by atoms with E-state index < -0.39 is 29.8 Å². The van der Waals surface area contributed by atoms with E-state index in [4.69, 9.17) is 23.7 Å². The molecule has 0 atom stereocenters. The van der Waals surface area contributed by atoms with Crippen molar-refractivity contribution in [3.8, 4) is 16.9 Å². The van der Waals surface area contributed by atoms with Gasteiger partial charge in [-0.1, -0.05) is 31.9 Å². The van der Waals surface area contributed by atoms with Crippen LogP contribution in [0.4, 0.5) is 0 Å². The van der Waals surface area contributed by atoms with Gasteiger partial charge in [-0.3, -0.25) is 0 Å². The highest BCUT2D eigenvalue weighted by molar-refractivity contribution is 6.04. The number of aryl methyl sites for hydroxylation is 1. The Bertz CT molecular complexity index is 1430. The molecule has 228 valence electrons. The molecule has 43 heavy (non-hydrogen) atoms. The van der Waals surface area contributed by atoms with Crippen molar-refractivity contribution in [2.75, 3.05) is 26.4 Å². The lowest BCUT2D eigenvalue weighted by Crippen LogP contribution is -2.17. The number of benzene rings is 2. The van der Waals surface area contributed by atoms with E-state index in [1.165, 1.54) is 26.0 Å². The van der Waals surface area contributed by atoms with E-state index in [0.717, 1.165) is 0 Å². The number of hydrogen-bond acceptors (Lipinski definition) is 10. The molecule has 0 aliphatic heterocycles. The molecule has 0 saturated heterocycles. The highest BCUT2D eigenvalue weighted by Gasteiger charge is 2.21. The maximum Gasteiger partial charge on any atom is 0.339 e. The summed E-state index contributed by atoms with van der Waals surface area (Å²) in [4.78, 5) is 61.0. The van der Waals surface area contributed by atoms with Gasteiger partial charge in [0.2, 0.25) is 0 Å². The van der Waals surface area contributed by atoms with Crippen LogP contribution in [0.3, 0.4) is 0 Å². The Morgan fingerprint density at radius 2 is 1.02 bits per heavy atom. The number of hydrogen-bond donors (Lipinski definition) is 0. The lowest BCUT2D eigenvalue weighted by molar-refractivity contribution is -0.140. The van der Waals surface area contributed by atoms with Gasteiger partial charge in [-0.05, 0) is 68.7 Å². The van der Waals surface area contributed by atoms with Gasteiger partial charge in [0.15, 0.2) is 0 Å². The predicted octanol–water partition coefficient (Wildman–Crippen LogP) is 5.48. The molecule has 2 aromatic carbocycles.